The molecule has 1 aromatic carbocycles. The van der Waals surface area contributed by atoms with Crippen molar-refractivity contribution in [1.82, 2.24) is 13.5 Å². The minimum absolute atomic E-state index is 0.0468. The van der Waals surface area contributed by atoms with Crippen LogP contribution in [0.5, 0.6) is 5.75 Å². The van der Waals surface area contributed by atoms with Gasteiger partial charge in [0.25, 0.3) is 16.1 Å². The number of para-hydroxylation sites is 1. The van der Waals surface area contributed by atoms with Gasteiger partial charge in [-0.15, -0.1) is 0 Å². The zero-order chi connectivity index (χ0) is 17.4. The molecule has 0 aliphatic carbocycles. The first-order valence-electron chi connectivity index (χ1n) is 8.84. The third kappa shape index (κ3) is 3.14. The van der Waals surface area contributed by atoms with Gasteiger partial charge in [0.05, 0.1) is 0 Å². The highest BCUT2D eigenvalue weighted by Crippen LogP contribution is 2.29. The van der Waals surface area contributed by atoms with Crippen molar-refractivity contribution >= 4 is 16.1 Å². The number of fused-ring (bicyclic) bond motifs is 1. The third-order valence-electron chi connectivity index (χ3n) is 5.19. The van der Waals surface area contributed by atoms with E-state index in [0.717, 1.165) is 24.2 Å². The molecular formula is C17H23N3O4S. The lowest BCUT2D eigenvalue weighted by Gasteiger charge is -2.36. The normalized spacial score (nSPS) is 25.0. The van der Waals surface area contributed by atoms with E-state index in [4.69, 9.17) is 4.74 Å². The molecule has 0 radical (unpaired) electrons. The molecule has 2 saturated heterocycles. The monoisotopic (exact) mass is 365 g/mol. The van der Waals surface area contributed by atoms with Crippen molar-refractivity contribution < 1.29 is 17.9 Å². The van der Waals surface area contributed by atoms with E-state index in [-0.39, 0.29) is 5.91 Å². The van der Waals surface area contributed by atoms with Crippen LogP contribution in [0.4, 0.5) is 0 Å². The molecule has 0 bridgehead atoms. The van der Waals surface area contributed by atoms with E-state index in [1.807, 2.05) is 24.3 Å². The molecular weight excluding hydrogens is 342 g/mol. The summed E-state index contributed by atoms with van der Waals surface area (Å²) in [6, 6.07) is 7.69. The number of amides is 1. The maximum absolute atomic E-state index is 12.7. The minimum Gasteiger partial charge on any atom is -0.480 e. The van der Waals surface area contributed by atoms with Crippen LogP contribution in [0.25, 0.3) is 0 Å². The van der Waals surface area contributed by atoms with Gasteiger partial charge in [-0.25, -0.2) is 0 Å². The second-order valence-electron chi connectivity index (χ2n) is 6.76. The van der Waals surface area contributed by atoms with Gasteiger partial charge >= 0.3 is 0 Å². The Labute approximate surface area is 148 Å². The van der Waals surface area contributed by atoms with Crippen LogP contribution < -0.4 is 4.74 Å². The number of ether oxygens (including phenoxy) is 1. The first kappa shape index (κ1) is 16.8. The van der Waals surface area contributed by atoms with Crippen LogP contribution in [0.1, 0.15) is 18.4 Å². The second-order valence-corrected chi connectivity index (χ2v) is 8.69. The van der Waals surface area contributed by atoms with Gasteiger partial charge in [-0.1, -0.05) is 18.2 Å². The SMILES string of the molecule is O=C([C@@H]1Cc2ccccc2O1)N1CCN(S(=O)(=O)N2CCCC2)CC1. The molecule has 7 nitrogen and oxygen atoms in total. The molecule has 3 aliphatic heterocycles. The van der Waals surface area contributed by atoms with Gasteiger partial charge in [-0.05, 0) is 24.5 Å². The van der Waals surface area contributed by atoms with E-state index in [2.05, 4.69) is 0 Å². The van der Waals surface area contributed by atoms with Crippen molar-refractivity contribution in [2.24, 2.45) is 0 Å². The standard InChI is InChI=1S/C17H23N3O4S/c21-17(16-13-14-5-1-2-6-15(14)24-16)18-9-11-20(12-10-18)25(22,23)19-7-3-4-8-19/h1-2,5-6,16H,3-4,7-13H2/t16-/m0/s1. The Hall–Kier alpha value is -1.64. The molecule has 1 amide bonds. The number of benzene rings is 1. The highest BCUT2D eigenvalue weighted by molar-refractivity contribution is 7.86. The Kier molecular flexibility index (Phi) is 4.43. The Morgan fingerprint density at radius 3 is 2.28 bits per heavy atom. The van der Waals surface area contributed by atoms with Gasteiger partial charge in [0.15, 0.2) is 6.10 Å². The number of nitrogens with zero attached hydrogens (tertiary/aromatic N) is 3. The zero-order valence-electron chi connectivity index (χ0n) is 14.1. The van der Waals surface area contributed by atoms with Gasteiger partial charge in [-0.2, -0.15) is 17.0 Å². The average molecular weight is 365 g/mol. The van der Waals surface area contributed by atoms with E-state index >= 15 is 0 Å². The van der Waals surface area contributed by atoms with Gasteiger partial charge in [-0.3, -0.25) is 4.79 Å². The molecule has 1 atom stereocenters. The zero-order valence-corrected chi connectivity index (χ0v) is 15.0. The fraction of sp³-hybridized carbons (Fsp3) is 0.588. The molecule has 25 heavy (non-hydrogen) atoms. The lowest BCUT2D eigenvalue weighted by molar-refractivity contribution is -0.139. The summed E-state index contributed by atoms with van der Waals surface area (Å²) >= 11 is 0. The van der Waals surface area contributed by atoms with Crippen molar-refractivity contribution in [3.05, 3.63) is 29.8 Å². The molecule has 136 valence electrons. The Morgan fingerprint density at radius 1 is 0.960 bits per heavy atom. The van der Waals surface area contributed by atoms with Crippen LogP contribution in [-0.2, 0) is 21.4 Å². The predicted octanol–water partition coefficient (Wildman–Crippen LogP) is 0.475. The topological polar surface area (TPSA) is 70.2 Å². The Morgan fingerprint density at radius 2 is 1.60 bits per heavy atom. The number of piperazine rings is 1. The molecule has 3 aliphatic rings. The number of rotatable bonds is 3. The molecule has 1 aromatic rings. The number of carbonyl (C=O) groups excluding carboxylic acids is 1. The fourth-order valence-corrected chi connectivity index (χ4v) is 5.42. The smallest absolute Gasteiger partial charge is 0.282 e. The van der Waals surface area contributed by atoms with E-state index in [0.29, 0.717) is 45.7 Å². The van der Waals surface area contributed by atoms with Crippen LogP contribution in [-0.4, -0.2) is 73.2 Å². The molecule has 0 N–H and O–H groups in total. The molecule has 0 saturated carbocycles. The lowest BCUT2D eigenvalue weighted by atomic mass is 10.1. The quantitative estimate of drug-likeness (QED) is 0.781. The van der Waals surface area contributed by atoms with E-state index in [1.54, 1.807) is 9.21 Å². The van der Waals surface area contributed by atoms with Crippen molar-refractivity contribution in [3.63, 3.8) is 0 Å². The summed E-state index contributed by atoms with van der Waals surface area (Å²) in [6.45, 7) is 2.75. The highest BCUT2D eigenvalue weighted by atomic mass is 32.2. The number of hydrogen-bond donors (Lipinski definition) is 0. The molecule has 2 fully saturated rings. The highest BCUT2D eigenvalue weighted by Gasteiger charge is 2.37. The van der Waals surface area contributed by atoms with Crippen molar-refractivity contribution in [1.29, 1.82) is 0 Å². The summed E-state index contributed by atoms with van der Waals surface area (Å²) < 4.78 is 34.0. The predicted molar refractivity (Wildman–Crippen MR) is 92.4 cm³/mol. The Bertz CT molecular complexity index is 728. The first-order valence-corrected chi connectivity index (χ1v) is 10.2. The molecule has 0 aromatic heterocycles. The summed E-state index contributed by atoms with van der Waals surface area (Å²) in [5.41, 5.74) is 1.05. The van der Waals surface area contributed by atoms with E-state index < -0.39 is 16.3 Å². The van der Waals surface area contributed by atoms with Crippen LogP contribution >= 0.6 is 0 Å². The Balaban J connectivity index is 1.35. The van der Waals surface area contributed by atoms with Gasteiger partial charge in [0, 0.05) is 45.7 Å². The number of carbonyl (C=O) groups is 1. The van der Waals surface area contributed by atoms with Crippen molar-refractivity contribution in [3.8, 4) is 5.75 Å². The molecule has 4 rings (SSSR count). The third-order valence-corrected chi connectivity index (χ3v) is 7.23. The second kappa shape index (κ2) is 6.59. The minimum atomic E-state index is -3.38. The molecule has 8 heteroatoms. The number of hydrogen-bond acceptors (Lipinski definition) is 4. The lowest BCUT2D eigenvalue weighted by Crippen LogP contribution is -2.55. The van der Waals surface area contributed by atoms with Gasteiger partial charge in [0.2, 0.25) is 0 Å². The van der Waals surface area contributed by atoms with Gasteiger partial charge in [0.1, 0.15) is 5.75 Å². The van der Waals surface area contributed by atoms with Crippen molar-refractivity contribution in [2.75, 3.05) is 39.3 Å². The molecule has 0 unspecified atom stereocenters. The maximum atomic E-state index is 12.7. The van der Waals surface area contributed by atoms with Crippen LogP contribution in [0, 0.1) is 0 Å². The summed E-state index contributed by atoms with van der Waals surface area (Å²) in [4.78, 5) is 14.4. The first-order chi connectivity index (χ1) is 12.1. The molecule has 3 heterocycles. The summed E-state index contributed by atoms with van der Waals surface area (Å²) in [6.07, 6.45) is 1.95. The maximum Gasteiger partial charge on any atom is 0.282 e. The molecule has 0 spiro atoms. The summed E-state index contributed by atoms with van der Waals surface area (Å²) in [7, 11) is -3.38. The van der Waals surface area contributed by atoms with Crippen molar-refractivity contribution in [2.45, 2.75) is 25.4 Å². The summed E-state index contributed by atoms with van der Waals surface area (Å²) in [5, 5.41) is 0. The van der Waals surface area contributed by atoms with Gasteiger partial charge < -0.3 is 9.64 Å². The fourth-order valence-electron chi connectivity index (χ4n) is 3.74. The summed E-state index contributed by atoms with van der Waals surface area (Å²) in [5.74, 6) is 0.727. The van der Waals surface area contributed by atoms with E-state index in [9.17, 15) is 13.2 Å². The largest absolute Gasteiger partial charge is 0.480 e. The van der Waals surface area contributed by atoms with Crippen LogP contribution in [0.15, 0.2) is 24.3 Å². The van der Waals surface area contributed by atoms with E-state index in [1.165, 1.54) is 4.31 Å². The average Bonchev–Trinajstić information content (AvgIpc) is 3.31. The van der Waals surface area contributed by atoms with Crippen LogP contribution in [0.3, 0.4) is 0 Å². The van der Waals surface area contributed by atoms with Crippen LogP contribution in [0.2, 0.25) is 0 Å².